The highest BCUT2D eigenvalue weighted by molar-refractivity contribution is 7.90. The first-order valence-corrected chi connectivity index (χ1v) is 7.66. The summed E-state index contributed by atoms with van der Waals surface area (Å²) in [4.78, 5) is -0.721. The number of benzene rings is 1. The summed E-state index contributed by atoms with van der Waals surface area (Å²) >= 11 is 5.33. The van der Waals surface area contributed by atoms with Gasteiger partial charge in [-0.2, -0.15) is 0 Å². The third-order valence-corrected chi connectivity index (χ3v) is 3.93. The van der Waals surface area contributed by atoms with Crippen LogP contribution in [-0.2, 0) is 20.0 Å². The summed E-state index contributed by atoms with van der Waals surface area (Å²) in [5, 5.41) is 9.92. The fraction of sp³-hybridized carbons (Fsp3) is 0. The Morgan fingerprint density at radius 2 is 1.41 bits per heavy atom. The molecule has 1 aromatic carbocycles. The van der Waals surface area contributed by atoms with Gasteiger partial charge in [0.05, 0.1) is 9.79 Å². The van der Waals surface area contributed by atoms with Crippen molar-refractivity contribution in [1.82, 2.24) is 0 Å². The van der Waals surface area contributed by atoms with Gasteiger partial charge in [-0.05, 0) is 18.2 Å². The van der Waals surface area contributed by atoms with E-state index in [1.54, 1.807) is 0 Å². The van der Waals surface area contributed by atoms with Crippen molar-refractivity contribution in [2.75, 3.05) is 0 Å². The quantitative estimate of drug-likeness (QED) is 0.827. The van der Waals surface area contributed by atoms with E-state index in [9.17, 15) is 16.8 Å². The second kappa shape index (κ2) is 4.75. The largest absolute Gasteiger partial charge is 0.238 e. The van der Waals surface area contributed by atoms with Crippen LogP contribution < -0.4 is 10.3 Å². The Hall–Kier alpha value is -0.930. The molecule has 0 unspecified atom stereocenters. The third kappa shape index (κ3) is 3.27. The molecular formula is C8H9ClN2O4S2. The smallest absolute Gasteiger partial charge is 0.225 e. The molecule has 0 aromatic heterocycles. The SMILES string of the molecule is NS(=O)(=O)c1cccc(S(N)(=O)=O)c1C=CCl. The van der Waals surface area contributed by atoms with Crippen molar-refractivity contribution in [3.05, 3.63) is 29.3 Å². The maximum Gasteiger partial charge on any atom is 0.238 e. The average Bonchev–Trinajstić information content (AvgIpc) is 2.15. The van der Waals surface area contributed by atoms with Crippen LogP contribution in [0.15, 0.2) is 33.5 Å². The van der Waals surface area contributed by atoms with Gasteiger partial charge < -0.3 is 0 Å². The third-order valence-electron chi connectivity index (χ3n) is 1.87. The predicted molar refractivity (Wildman–Crippen MR) is 64.1 cm³/mol. The summed E-state index contributed by atoms with van der Waals surface area (Å²) < 4.78 is 45.1. The zero-order valence-electron chi connectivity index (χ0n) is 8.37. The van der Waals surface area contributed by atoms with Crippen molar-refractivity contribution in [2.24, 2.45) is 10.3 Å². The molecule has 9 heteroatoms. The second-order valence-electron chi connectivity index (χ2n) is 3.05. The molecule has 0 heterocycles. The molecule has 1 aromatic rings. The highest BCUT2D eigenvalue weighted by Crippen LogP contribution is 2.23. The molecule has 0 saturated carbocycles. The zero-order chi connectivity index (χ0) is 13.3. The topological polar surface area (TPSA) is 120 Å². The number of primary sulfonamides is 2. The van der Waals surface area contributed by atoms with Crippen molar-refractivity contribution in [1.29, 1.82) is 0 Å². The molecule has 1 rings (SSSR count). The lowest BCUT2D eigenvalue weighted by Crippen LogP contribution is -2.18. The van der Waals surface area contributed by atoms with Gasteiger partial charge in [0.1, 0.15) is 0 Å². The molecule has 0 amide bonds. The molecule has 4 N–H and O–H groups in total. The Bertz CT molecular complexity index is 615. The Morgan fingerprint density at radius 1 is 1.00 bits per heavy atom. The molecule has 0 aliphatic carbocycles. The molecule has 0 bridgehead atoms. The zero-order valence-corrected chi connectivity index (χ0v) is 10.8. The number of halogens is 1. The fourth-order valence-corrected chi connectivity index (χ4v) is 2.94. The van der Waals surface area contributed by atoms with Crippen LogP contribution in [0.2, 0.25) is 0 Å². The van der Waals surface area contributed by atoms with Crippen LogP contribution in [-0.4, -0.2) is 16.8 Å². The van der Waals surface area contributed by atoms with Crippen molar-refractivity contribution in [3.63, 3.8) is 0 Å². The summed E-state index contributed by atoms with van der Waals surface area (Å²) in [5.74, 6) is 0. The summed E-state index contributed by atoms with van der Waals surface area (Å²) in [7, 11) is -8.14. The number of hydrogen-bond acceptors (Lipinski definition) is 4. The highest BCUT2D eigenvalue weighted by atomic mass is 35.5. The monoisotopic (exact) mass is 296 g/mol. The van der Waals surface area contributed by atoms with Crippen LogP contribution in [0.5, 0.6) is 0 Å². The van der Waals surface area contributed by atoms with Crippen LogP contribution in [0.1, 0.15) is 5.56 Å². The fourth-order valence-electron chi connectivity index (χ4n) is 1.25. The lowest BCUT2D eigenvalue weighted by molar-refractivity contribution is 0.595. The van der Waals surface area contributed by atoms with E-state index in [1.807, 2.05) is 0 Å². The lowest BCUT2D eigenvalue weighted by atomic mass is 10.2. The first-order chi connectivity index (χ1) is 7.68. The van der Waals surface area contributed by atoms with E-state index in [-0.39, 0.29) is 15.4 Å². The molecule has 94 valence electrons. The maximum absolute atomic E-state index is 11.3. The van der Waals surface area contributed by atoms with Crippen LogP contribution in [0.4, 0.5) is 0 Å². The first kappa shape index (κ1) is 14.1. The molecule has 6 nitrogen and oxygen atoms in total. The molecular weight excluding hydrogens is 288 g/mol. The van der Waals surface area contributed by atoms with Crippen molar-refractivity contribution < 1.29 is 16.8 Å². The minimum atomic E-state index is -4.07. The minimum absolute atomic E-state index is 0.160. The number of nitrogens with two attached hydrogens (primary N) is 2. The van der Waals surface area contributed by atoms with Gasteiger partial charge in [0.15, 0.2) is 0 Å². The van der Waals surface area contributed by atoms with Gasteiger partial charge in [-0.1, -0.05) is 17.7 Å². The molecule has 0 atom stereocenters. The van der Waals surface area contributed by atoms with E-state index < -0.39 is 20.0 Å². The van der Waals surface area contributed by atoms with E-state index in [0.717, 1.165) is 23.7 Å². The maximum atomic E-state index is 11.3. The minimum Gasteiger partial charge on any atom is -0.225 e. The van der Waals surface area contributed by atoms with Crippen LogP contribution in [0.25, 0.3) is 6.08 Å². The van der Waals surface area contributed by atoms with Crippen LogP contribution in [0, 0.1) is 0 Å². The molecule has 0 radical (unpaired) electrons. The Labute approximate surface area is 104 Å². The van der Waals surface area contributed by atoms with Gasteiger partial charge in [-0.25, -0.2) is 27.1 Å². The normalized spacial score (nSPS) is 13.1. The van der Waals surface area contributed by atoms with Gasteiger partial charge in [0, 0.05) is 11.1 Å². The van der Waals surface area contributed by atoms with Gasteiger partial charge in [-0.3, -0.25) is 0 Å². The predicted octanol–water partition coefficient (Wildman–Crippen LogP) is 0.191. The number of hydrogen-bond donors (Lipinski definition) is 2. The number of sulfonamides is 2. The highest BCUT2D eigenvalue weighted by Gasteiger charge is 2.20. The van der Waals surface area contributed by atoms with Crippen molar-refractivity contribution >= 4 is 37.7 Å². The first-order valence-electron chi connectivity index (χ1n) is 4.13. The van der Waals surface area contributed by atoms with Crippen LogP contribution in [0.3, 0.4) is 0 Å². The van der Waals surface area contributed by atoms with Gasteiger partial charge in [0.25, 0.3) is 0 Å². The van der Waals surface area contributed by atoms with Crippen molar-refractivity contribution in [2.45, 2.75) is 9.79 Å². The van der Waals surface area contributed by atoms with E-state index in [0.29, 0.717) is 0 Å². The Kier molecular flexibility index (Phi) is 3.95. The van der Waals surface area contributed by atoms with Crippen molar-refractivity contribution in [3.8, 4) is 0 Å². The summed E-state index contributed by atoms with van der Waals surface area (Å²) in [6.45, 7) is 0. The standard InChI is InChI=1S/C8H9ClN2O4S2/c9-5-4-6-7(16(10,12)13)2-1-3-8(6)17(11,14)15/h1-5H,(H2,10,12,13)(H2,11,14,15). The van der Waals surface area contributed by atoms with E-state index in [1.165, 1.54) is 6.07 Å². The van der Waals surface area contributed by atoms with E-state index in [2.05, 4.69) is 0 Å². The van der Waals surface area contributed by atoms with Gasteiger partial charge in [-0.15, -0.1) is 0 Å². The van der Waals surface area contributed by atoms with E-state index in [4.69, 9.17) is 21.9 Å². The molecule has 0 spiro atoms. The molecule has 0 aliphatic heterocycles. The Morgan fingerprint density at radius 3 is 1.71 bits per heavy atom. The summed E-state index contributed by atoms with van der Waals surface area (Å²) in [6, 6.07) is 3.55. The summed E-state index contributed by atoms with van der Waals surface area (Å²) in [6.07, 6.45) is 1.10. The molecule has 0 fully saturated rings. The van der Waals surface area contributed by atoms with Crippen LogP contribution >= 0.6 is 11.6 Å². The van der Waals surface area contributed by atoms with E-state index >= 15 is 0 Å². The molecule has 0 saturated heterocycles. The second-order valence-corrected chi connectivity index (χ2v) is 6.36. The summed E-state index contributed by atoms with van der Waals surface area (Å²) in [5.41, 5.74) is 0.811. The van der Waals surface area contributed by atoms with Gasteiger partial charge >= 0.3 is 0 Å². The molecule has 17 heavy (non-hydrogen) atoms. The Balaban J connectivity index is 3.79. The molecule has 0 aliphatic rings. The number of rotatable bonds is 3. The average molecular weight is 297 g/mol. The lowest BCUT2D eigenvalue weighted by Gasteiger charge is -2.08. The van der Waals surface area contributed by atoms with Gasteiger partial charge in [0.2, 0.25) is 20.0 Å².